The summed E-state index contributed by atoms with van der Waals surface area (Å²) in [7, 11) is 1.75. The fourth-order valence-electron chi connectivity index (χ4n) is 3.21. The fraction of sp³-hybridized carbons (Fsp3) is 0.933. The van der Waals surface area contributed by atoms with Gasteiger partial charge < -0.3 is 20.5 Å². The molecule has 2 aliphatic rings. The Morgan fingerprint density at radius 2 is 2.00 bits per heavy atom. The normalized spacial score (nSPS) is 24.6. The first-order valence-electron chi connectivity index (χ1n) is 7.87. The van der Waals surface area contributed by atoms with Crippen LogP contribution in [0.3, 0.4) is 0 Å². The van der Waals surface area contributed by atoms with Gasteiger partial charge in [-0.25, -0.2) is 0 Å². The van der Waals surface area contributed by atoms with Gasteiger partial charge in [0, 0.05) is 31.8 Å². The predicted molar refractivity (Wildman–Crippen MR) is 80.9 cm³/mol. The van der Waals surface area contributed by atoms with E-state index in [9.17, 15) is 0 Å². The Balaban J connectivity index is 1.84. The molecule has 0 unspecified atom stereocenters. The van der Waals surface area contributed by atoms with Gasteiger partial charge in [0.25, 0.3) is 0 Å². The van der Waals surface area contributed by atoms with Gasteiger partial charge in [-0.1, -0.05) is 19.3 Å². The molecule has 2 rings (SSSR count). The summed E-state index contributed by atoms with van der Waals surface area (Å²) >= 11 is 0. The lowest BCUT2D eigenvalue weighted by molar-refractivity contribution is -0.0223. The van der Waals surface area contributed by atoms with Crippen LogP contribution >= 0.6 is 0 Å². The third-order valence-corrected chi connectivity index (χ3v) is 4.55. The minimum atomic E-state index is 0.103. The zero-order chi connectivity index (χ0) is 14.3. The Hall–Kier alpha value is -0.810. The molecule has 0 radical (unpaired) electrons. The van der Waals surface area contributed by atoms with Crippen LogP contribution in [0.2, 0.25) is 0 Å². The van der Waals surface area contributed by atoms with Crippen molar-refractivity contribution in [2.24, 2.45) is 16.1 Å². The summed E-state index contributed by atoms with van der Waals surface area (Å²) < 4.78 is 10.8. The van der Waals surface area contributed by atoms with Gasteiger partial charge in [-0.05, 0) is 25.7 Å². The summed E-state index contributed by atoms with van der Waals surface area (Å²) in [5, 5.41) is 3.37. The van der Waals surface area contributed by atoms with E-state index < -0.39 is 0 Å². The molecule has 116 valence electrons. The van der Waals surface area contributed by atoms with E-state index in [1.807, 2.05) is 0 Å². The number of nitrogens with zero attached hydrogens (tertiary/aromatic N) is 1. The summed E-state index contributed by atoms with van der Waals surface area (Å²) in [6.07, 6.45) is 8.39. The van der Waals surface area contributed by atoms with Crippen molar-refractivity contribution in [3.8, 4) is 0 Å². The van der Waals surface area contributed by atoms with Crippen LogP contribution in [0.25, 0.3) is 0 Å². The number of hydrogen-bond donors (Lipinski definition) is 2. The van der Waals surface area contributed by atoms with E-state index in [4.69, 9.17) is 15.2 Å². The highest BCUT2D eigenvalue weighted by Crippen LogP contribution is 2.31. The Kier molecular flexibility index (Phi) is 6.10. The van der Waals surface area contributed by atoms with Crippen LogP contribution in [0.1, 0.15) is 44.9 Å². The Bertz CT molecular complexity index is 303. The average Bonchev–Trinajstić information content (AvgIpc) is 2.48. The number of hydrogen-bond acceptors (Lipinski definition) is 3. The molecule has 0 aromatic carbocycles. The second-order valence-electron chi connectivity index (χ2n) is 6.23. The molecule has 2 fully saturated rings. The molecule has 0 amide bonds. The number of rotatable bonds is 5. The lowest BCUT2D eigenvalue weighted by Crippen LogP contribution is -2.43. The molecule has 1 saturated heterocycles. The number of aliphatic imine (C=N–C) groups is 1. The first kappa shape index (κ1) is 15.6. The topological polar surface area (TPSA) is 68.9 Å². The Labute approximate surface area is 122 Å². The van der Waals surface area contributed by atoms with Gasteiger partial charge in [-0.3, -0.25) is 4.99 Å². The van der Waals surface area contributed by atoms with Crippen LogP contribution in [0, 0.1) is 5.41 Å². The van der Waals surface area contributed by atoms with Gasteiger partial charge >= 0.3 is 0 Å². The van der Waals surface area contributed by atoms with Crippen molar-refractivity contribution >= 4 is 5.96 Å². The molecule has 0 aromatic heterocycles. The monoisotopic (exact) mass is 283 g/mol. The number of nitrogens with two attached hydrogens (primary N) is 1. The summed E-state index contributed by atoms with van der Waals surface area (Å²) in [4.78, 5) is 4.58. The fourth-order valence-corrected chi connectivity index (χ4v) is 3.21. The van der Waals surface area contributed by atoms with Crippen molar-refractivity contribution in [3.63, 3.8) is 0 Å². The van der Waals surface area contributed by atoms with Crippen LogP contribution in [-0.2, 0) is 9.47 Å². The maximum atomic E-state index is 6.04. The molecule has 3 N–H and O–H groups in total. The molecule has 0 bridgehead atoms. The summed E-state index contributed by atoms with van der Waals surface area (Å²) in [6.45, 7) is 3.07. The van der Waals surface area contributed by atoms with E-state index in [1.54, 1.807) is 7.11 Å². The second-order valence-corrected chi connectivity index (χ2v) is 6.23. The van der Waals surface area contributed by atoms with Crippen molar-refractivity contribution in [3.05, 3.63) is 0 Å². The maximum absolute atomic E-state index is 6.04. The zero-order valence-electron chi connectivity index (χ0n) is 12.7. The highest BCUT2D eigenvalue weighted by molar-refractivity contribution is 5.78. The van der Waals surface area contributed by atoms with Crippen molar-refractivity contribution in [1.82, 2.24) is 5.32 Å². The molecule has 5 nitrogen and oxygen atoms in total. The smallest absolute Gasteiger partial charge is 0.188 e. The first-order valence-corrected chi connectivity index (χ1v) is 7.87. The third-order valence-electron chi connectivity index (χ3n) is 4.55. The number of guanidine groups is 1. The van der Waals surface area contributed by atoms with E-state index in [1.165, 1.54) is 32.1 Å². The predicted octanol–water partition coefficient (Wildman–Crippen LogP) is 1.67. The molecular weight excluding hydrogens is 254 g/mol. The van der Waals surface area contributed by atoms with Crippen molar-refractivity contribution in [2.75, 3.05) is 33.5 Å². The molecule has 1 heterocycles. The number of ether oxygens (including phenoxy) is 2. The van der Waals surface area contributed by atoms with Gasteiger partial charge in [-0.15, -0.1) is 0 Å². The average molecular weight is 283 g/mol. The van der Waals surface area contributed by atoms with E-state index in [0.717, 1.165) is 39.2 Å². The molecule has 0 aromatic rings. The van der Waals surface area contributed by atoms with Crippen molar-refractivity contribution < 1.29 is 9.47 Å². The van der Waals surface area contributed by atoms with Gasteiger partial charge in [-0.2, -0.15) is 0 Å². The van der Waals surface area contributed by atoms with Crippen molar-refractivity contribution in [1.29, 1.82) is 0 Å². The van der Waals surface area contributed by atoms with Gasteiger partial charge in [0.05, 0.1) is 13.2 Å². The molecular formula is C15H29N3O2. The SMILES string of the molecule is COCC1(CN=C(N)NC2CCCCC2)CCOCC1. The highest BCUT2D eigenvalue weighted by Gasteiger charge is 2.32. The maximum Gasteiger partial charge on any atom is 0.188 e. The van der Waals surface area contributed by atoms with Gasteiger partial charge in [0.1, 0.15) is 0 Å². The minimum absolute atomic E-state index is 0.103. The van der Waals surface area contributed by atoms with E-state index >= 15 is 0 Å². The lowest BCUT2D eigenvalue weighted by atomic mass is 9.81. The second kappa shape index (κ2) is 7.84. The quantitative estimate of drug-likeness (QED) is 0.595. The van der Waals surface area contributed by atoms with Crippen LogP contribution < -0.4 is 11.1 Å². The molecule has 1 aliphatic carbocycles. The summed E-state index contributed by atoms with van der Waals surface area (Å²) in [6, 6.07) is 0.514. The Morgan fingerprint density at radius 3 is 2.65 bits per heavy atom. The van der Waals surface area contributed by atoms with Crippen LogP contribution in [0.15, 0.2) is 4.99 Å². The summed E-state index contributed by atoms with van der Waals surface area (Å²) in [5.41, 5.74) is 6.15. The lowest BCUT2D eigenvalue weighted by Gasteiger charge is -2.35. The molecule has 20 heavy (non-hydrogen) atoms. The van der Waals surface area contributed by atoms with Crippen molar-refractivity contribution in [2.45, 2.75) is 51.0 Å². The molecule has 0 spiro atoms. The van der Waals surface area contributed by atoms with E-state index in [2.05, 4.69) is 10.3 Å². The molecule has 5 heteroatoms. The molecule has 1 saturated carbocycles. The van der Waals surface area contributed by atoms with Crippen LogP contribution in [0.4, 0.5) is 0 Å². The molecule has 1 aliphatic heterocycles. The van der Waals surface area contributed by atoms with E-state index in [0.29, 0.717) is 12.0 Å². The number of methoxy groups -OCH3 is 1. The van der Waals surface area contributed by atoms with Crippen LogP contribution in [0.5, 0.6) is 0 Å². The van der Waals surface area contributed by atoms with E-state index in [-0.39, 0.29) is 5.41 Å². The standard InChI is InChI=1S/C15H29N3O2/c1-19-12-15(7-9-20-10-8-15)11-17-14(16)18-13-5-3-2-4-6-13/h13H,2-12H2,1H3,(H3,16,17,18). The molecule has 0 atom stereocenters. The first-order chi connectivity index (χ1) is 9.74. The van der Waals surface area contributed by atoms with Crippen LogP contribution in [-0.4, -0.2) is 45.5 Å². The zero-order valence-corrected chi connectivity index (χ0v) is 12.7. The largest absolute Gasteiger partial charge is 0.384 e. The summed E-state index contributed by atoms with van der Waals surface area (Å²) in [5.74, 6) is 0.596. The number of nitrogens with one attached hydrogen (secondary N) is 1. The minimum Gasteiger partial charge on any atom is -0.384 e. The van der Waals surface area contributed by atoms with Gasteiger partial charge in [0.15, 0.2) is 5.96 Å². The van der Waals surface area contributed by atoms with Gasteiger partial charge in [0.2, 0.25) is 0 Å². The highest BCUT2D eigenvalue weighted by atomic mass is 16.5. The Morgan fingerprint density at radius 1 is 1.30 bits per heavy atom. The third kappa shape index (κ3) is 4.63.